The number of likely N-dealkylation sites (N-methyl/N-ethyl adjacent to an activating group) is 1. The van der Waals surface area contributed by atoms with Crippen LogP contribution in [-0.2, 0) is 32.7 Å². The van der Waals surface area contributed by atoms with Crippen LogP contribution in [0.3, 0.4) is 0 Å². The van der Waals surface area contributed by atoms with Crippen LogP contribution in [0.1, 0.15) is 322 Å². The smallest absolute Gasteiger partial charge is 0.306 e. The topological polar surface area (TPSA) is 111 Å². The van der Waals surface area contributed by atoms with Crippen LogP contribution in [0.25, 0.3) is 0 Å². The number of unbranched alkanes of at least 4 members (excludes halogenated alkanes) is 35. The molecule has 0 heterocycles. The molecule has 0 aliphatic rings. The lowest BCUT2D eigenvalue weighted by molar-refractivity contribution is -0.870. The van der Waals surface area contributed by atoms with Gasteiger partial charge in [0.05, 0.1) is 27.7 Å². The number of ether oxygens (including phenoxy) is 2. The number of carbonyl (C=O) groups is 2. The van der Waals surface area contributed by atoms with Crippen molar-refractivity contribution in [1.29, 1.82) is 0 Å². The zero-order chi connectivity index (χ0) is 64.1. The highest BCUT2D eigenvalue weighted by molar-refractivity contribution is 7.45. The molecule has 0 rings (SSSR count). The summed E-state index contributed by atoms with van der Waals surface area (Å²) in [7, 11) is 1.13. The lowest BCUT2D eigenvalue weighted by Crippen LogP contribution is -2.37. The predicted octanol–water partition coefficient (Wildman–Crippen LogP) is 23.4. The SMILES string of the molecule is CC/C=C\C/C=C\C/C=C\C/C=C\C/C=C\C/C=C\C/C=C\C/C=C\C/C=C\CCCC(=O)OC(COC(=O)CCCCCCCCCCCCCCCCCCCCCCCCCCCCCCCCCCCCC)COP(=O)([O-])OCC[N+](C)(C)C. The maximum Gasteiger partial charge on any atom is 0.306 e. The highest BCUT2D eigenvalue weighted by atomic mass is 31.2. The summed E-state index contributed by atoms with van der Waals surface area (Å²) in [6, 6.07) is 0. The Kier molecular flexibility index (Phi) is 65.5. The van der Waals surface area contributed by atoms with Crippen molar-refractivity contribution in [3.63, 3.8) is 0 Å². The maximum absolute atomic E-state index is 12.8. The van der Waals surface area contributed by atoms with Gasteiger partial charge < -0.3 is 27.9 Å². The molecule has 10 heteroatoms. The van der Waals surface area contributed by atoms with Crippen LogP contribution in [0.4, 0.5) is 0 Å². The molecule has 2 atom stereocenters. The maximum atomic E-state index is 12.8. The molecular weight excluding hydrogens is 1110 g/mol. The summed E-state index contributed by atoms with van der Waals surface area (Å²) < 4.78 is 34.2. The van der Waals surface area contributed by atoms with Crippen molar-refractivity contribution < 1.29 is 42.1 Å². The quantitative estimate of drug-likeness (QED) is 0.0195. The van der Waals surface area contributed by atoms with Crippen LogP contribution in [0.2, 0.25) is 0 Å². The summed E-state index contributed by atoms with van der Waals surface area (Å²) in [5.74, 6) is -0.898. The molecule has 0 bridgehead atoms. The molecule has 0 saturated carbocycles. The molecule has 508 valence electrons. The van der Waals surface area contributed by atoms with E-state index in [2.05, 4.69) is 117 Å². The molecule has 0 saturated heterocycles. The van der Waals surface area contributed by atoms with Gasteiger partial charge in [0.15, 0.2) is 6.10 Å². The Morgan fingerprint density at radius 1 is 0.364 bits per heavy atom. The van der Waals surface area contributed by atoms with E-state index < -0.39 is 32.5 Å². The van der Waals surface area contributed by atoms with E-state index in [1.54, 1.807) is 0 Å². The van der Waals surface area contributed by atoms with E-state index >= 15 is 0 Å². The van der Waals surface area contributed by atoms with Crippen LogP contribution >= 0.6 is 7.82 Å². The normalized spacial score (nSPS) is 13.8. The van der Waals surface area contributed by atoms with Crippen molar-refractivity contribution in [3.8, 4) is 0 Å². The average molecular weight is 1250 g/mol. The Labute approximate surface area is 544 Å². The summed E-state index contributed by atoms with van der Waals surface area (Å²) in [5, 5.41) is 0. The van der Waals surface area contributed by atoms with Crippen molar-refractivity contribution in [2.24, 2.45) is 0 Å². The second-order valence-electron chi connectivity index (χ2n) is 25.6. The Morgan fingerprint density at radius 3 is 0.955 bits per heavy atom. The van der Waals surface area contributed by atoms with E-state index in [4.69, 9.17) is 18.5 Å². The fourth-order valence-electron chi connectivity index (χ4n) is 10.3. The number of rotatable bonds is 67. The van der Waals surface area contributed by atoms with E-state index in [9.17, 15) is 19.0 Å². The number of hydrogen-bond acceptors (Lipinski definition) is 8. The number of quaternary nitrogens is 1. The van der Waals surface area contributed by atoms with Crippen molar-refractivity contribution in [1.82, 2.24) is 0 Å². The van der Waals surface area contributed by atoms with E-state index in [0.717, 1.165) is 77.0 Å². The molecule has 0 aromatic rings. The highest BCUT2D eigenvalue weighted by Crippen LogP contribution is 2.38. The zero-order valence-corrected chi connectivity index (χ0v) is 58.8. The molecule has 0 radical (unpaired) electrons. The Hall–Kier alpha value is -3.33. The van der Waals surface area contributed by atoms with E-state index in [0.29, 0.717) is 23.9 Å². The van der Waals surface area contributed by atoms with Gasteiger partial charge in [0, 0.05) is 12.8 Å². The third-order valence-corrected chi connectivity index (χ3v) is 16.8. The van der Waals surface area contributed by atoms with Crippen molar-refractivity contribution in [2.45, 2.75) is 328 Å². The molecular formula is C78H138NO8P. The first kappa shape index (κ1) is 84.7. The molecule has 0 aliphatic heterocycles. The van der Waals surface area contributed by atoms with Gasteiger partial charge >= 0.3 is 11.9 Å². The van der Waals surface area contributed by atoms with Gasteiger partial charge in [-0.3, -0.25) is 14.2 Å². The van der Waals surface area contributed by atoms with Crippen LogP contribution in [0.15, 0.2) is 109 Å². The van der Waals surface area contributed by atoms with Gasteiger partial charge in [-0.2, -0.15) is 0 Å². The summed E-state index contributed by atoms with van der Waals surface area (Å²) in [5.41, 5.74) is 0. The first-order chi connectivity index (χ1) is 43.0. The lowest BCUT2D eigenvalue weighted by Gasteiger charge is -2.28. The number of allylic oxidation sites excluding steroid dienone is 18. The summed E-state index contributed by atoms with van der Waals surface area (Å²) in [6.45, 7) is 4.09. The van der Waals surface area contributed by atoms with Gasteiger partial charge in [-0.25, -0.2) is 0 Å². The standard InChI is InChI=1S/C78H138NO8P/c1-6-8-10-12-14-16-18-20-22-24-26-28-30-32-34-36-37-38-39-40-41-43-44-46-48-50-52-54-56-58-60-62-64-66-68-70-77(80)84-74-76(75-86-88(82,83)85-73-72-79(3,4)5)87-78(81)71-69-67-65-63-61-59-57-55-53-51-49-47-45-42-35-33-31-29-27-25-23-21-19-17-15-13-11-9-7-2/h9,11,15,17,21,23,27,29,33,35,45,47,51,53,57,59,63,65,76H,6-8,10,12-14,16,18-20,22,24-26,28,30-32,34,36-44,46,48-50,52,54-56,58,60-62,64,66-75H2,1-5H3/b11-9-,17-15-,23-21-,29-27-,35-33-,47-45-,53-51-,59-57-,65-63-. The Bertz CT molecular complexity index is 1850. The molecule has 2 unspecified atom stereocenters. The third kappa shape index (κ3) is 71.7. The molecule has 0 spiro atoms. The van der Waals surface area contributed by atoms with Gasteiger partial charge in [-0.05, 0) is 77.0 Å². The second-order valence-corrected chi connectivity index (χ2v) is 27.0. The Balaban J connectivity index is 4.08. The van der Waals surface area contributed by atoms with Crippen LogP contribution in [0.5, 0.6) is 0 Å². The van der Waals surface area contributed by atoms with Gasteiger partial charge in [0.2, 0.25) is 0 Å². The molecule has 0 N–H and O–H groups in total. The molecule has 0 aromatic heterocycles. The monoisotopic (exact) mass is 1250 g/mol. The predicted molar refractivity (Wildman–Crippen MR) is 378 cm³/mol. The average Bonchev–Trinajstić information content (AvgIpc) is 3.68. The number of phosphoric acid groups is 1. The molecule has 0 amide bonds. The summed E-state index contributed by atoms with van der Waals surface area (Å²) in [4.78, 5) is 38.0. The minimum absolute atomic E-state index is 0.0461. The summed E-state index contributed by atoms with van der Waals surface area (Å²) in [6.07, 6.45) is 96.4. The Morgan fingerprint density at radius 2 is 0.648 bits per heavy atom. The minimum Gasteiger partial charge on any atom is -0.756 e. The third-order valence-electron chi connectivity index (χ3n) is 15.8. The van der Waals surface area contributed by atoms with Gasteiger partial charge in [0.25, 0.3) is 7.82 Å². The first-order valence-corrected chi connectivity index (χ1v) is 38.1. The number of carbonyl (C=O) groups excluding carboxylic acids is 2. The summed E-state index contributed by atoms with van der Waals surface area (Å²) >= 11 is 0. The fourth-order valence-corrected chi connectivity index (χ4v) is 11.0. The van der Waals surface area contributed by atoms with Crippen molar-refractivity contribution in [3.05, 3.63) is 109 Å². The largest absolute Gasteiger partial charge is 0.756 e. The van der Waals surface area contributed by atoms with Gasteiger partial charge in [-0.15, -0.1) is 0 Å². The fraction of sp³-hybridized carbons (Fsp3) is 0.744. The van der Waals surface area contributed by atoms with E-state index in [1.807, 2.05) is 27.2 Å². The van der Waals surface area contributed by atoms with Crippen molar-refractivity contribution >= 4 is 19.8 Å². The van der Waals surface area contributed by atoms with Gasteiger partial charge in [-0.1, -0.05) is 342 Å². The molecule has 88 heavy (non-hydrogen) atoms. The number of nitrogens with zero attached hydrogens (tertiary/aromatic N) is 1. The van der Waals surface area contributed by atoms with Crippen LogP contribution in [-0.4, -0.2) is 70.0 Å². The first-order valence-electron chi connectivity index (χ1n) is 36.6. The molecule has 0 aliphatic carbocycles. The van der Waals surface area contributed by atoms with Crippen LogP contribution < -0.4 is 4.89 Å². The van der Waals surface area contributed by atoms with E-state index in [-0.39, 0.29) is 26.1 Å². The lowest BCUT2D eigenvalue weighted by atomic mass is 10.0. The highest BCUT2D eigenvalue weighted by Gasteiger charge is 2.22. The van der Waals surface area contributed by atoms with Crippen LogP contribution in [0, 0.1) is 0 Å². The number of hydrogen-bond donors (Lipinski definition) is 0. The molecule has 0 fully saturated rings. The van der Waals surface area contributed by atoms with E-state index in [1.165, 1.54) is 205 Å². The van der Waals surface area contributed by atoms with Crippen molar-refractivity contribution in [2.75, 3.05) is 47.5 Å². The zero-order valence-electron chi connectivity index (χ0n) is 57.9. The van der Waals surface area contributed by atoms with Gasteiger partial charge in [0.1, 0.15) is 19.8 Å². The number of phosphoric ester groups is 1. The second kappa shape index (κ2) is 68.0. The minimum atomic E-state index is -4.67. The molecule has 9 nitrogen and oxygen atoms in total. The molecule has 0 aromatic carbocycles. The number of esters is 2.